The Bertz CT molecular complexity index is 240. The number of halogens is 1. The Morgan fingerprint density at radius 2 is 2.08 bits per heavy atom. The lowest BCUT2D eigenvalue weighted by Gasteiger charge is -2.03. The van der Waals surface area contributed by atoms with Gasteiger partial charge in [-0.05, 0) is 11.6 Å². The van der Waals surface area contributed by atoms with Crippen molar-refractivity contribution in [3.8, 4) is 0 Å². The molecular formula is C9H13ClNO+. The van der Waals surface area contributed by atoms with Gasteiger partial charge in [-0.15, -0.1) is 0 Å². The van der Waals surface area contributed by atoms with Gasteiger partial charge in [0.15, 0.2) is 0 Å². The van der Waals surface area contributed by atoms with E-state index in [1.807, 2.05) is 24.3 Å². The second kappa shape index (κ2) is 5.14. The van der Waals surface area contributed by atoms with Gasteiger partial charge in [0, 0.05) is 5.02 Å². The molecule has 3 heteroatoms. The average molecular weight is 187 g/mol. The summed E-state index contributed by atoms with van der Waals surface area (Å²) in [6.45, 7) is 2.06. The second-order valence-corrected chi connectivity index (χ2v) is 2.90. The molecule has 0 spiro atoms. The zero-order valence-electron chi connectivity index (χ0n) is 6.92. The van der Waals surface area contributed by atoms with Crippen molar-refractivity contribution in [2.75, 3.05) is 13.2 Å². The Labute approximate surface area is 77.3 Å². The van der Waals surface area contributed by atoms with E-state index in [2.05, 4.69) is 5.73 Å². The van der Waals surface area contributed by atoms with Crippen molar-refractivity contribution < 1.29 is 10.5 Å². The molecule has 0 bridgehead atoms. The van der Waals surface area contributed by atoms with Crippen LogP contribution in [0.2, 0.25) is 5.02 Å². The molecule has 1 aromatic rings. The Kier molecular flexibility index (Phi) is 4.08. The van der Waals surface area contributed by atoms with Gasteiger partial charge >= 0.3 is 0 Å². The maximum atomic E-state index is 5.91. The molecule has 66 valence electrons. The molecule has 0 aromatic heterocycles. The van der Waals surface area contributed by atoms with Crippen LogP contribution in [-0.2, 0) is 11.3 Å². The molecule has 2 nitrogen and oxygen atoms in total. The second-order valence-electron chi connectivity index (χ2n) is 2.50. The number of quaternary nitrogens is 1. The maximum absolute atomic E-state index is 5.91. The molecule has 0 saturated carbocycles. The van der Waals surface area contributed by atoms with E-state index >= 15 is 0 Å². The Morgan fingerprint density at radius 3 is 2.75 bits per heavy atom. The van der Waals surface area contributed by atoms with E-state index in [1.54, 1.807) is 0 Å². The predicted molar refractivity (Wildman–Crippen MR) is 48.9 cm³/mol. The van der Waals surface area contributed by atoms with Crippen LogP contribution in [0.4, 0.5) is 0 Å². The lowest BCUT2D eigenvalue weighted by Crippen LogP contribution is -2.52. The summed E-state index contributed by atoms with van der Waals surface area (Å²) in [6, 6.07) is 7.69. The molecule has 1 rings (SSSR count). The SMILES string of the molecule is [NH3+]CCOCc1ccccc1Cl. The summed E-state index contributed by atoms with van der Waals surface area (Å²) in [4.78, 5) is 0. The van der Waals surface area contributed by atoms with Gasteiger partial charge in [0.25, 0.3) is 0 Å². The summed E-state index contributed by atoms with van der Waals surface area (Å²) in [6.07, 6.45) is 0. The monoisotopic (exact) mass is 186 g/mol. The molecule has 0 atom stereocenters. The number of hydrogen-bond donors (Lipinski definition) is 1. The smallest absolute Gasteiger partial charge is 0.0977 e. The number of hydrogen-bond acceptors (Lipinski definition) is 1. The third-order valence-electron chi connectivity index (χ3n) is 1.50. The van der Waals surface area contributed by atoms with E-state index in [9.17, 15) is 0 Å². The molecule has 0 aliphatic rings. The van der Waals surface area contributed by atoms with Crippen LogP contribution in [0.1, 0.15) is 5.56 Å². The zero-order chi connectivity index (χ0) is 8.81. The van der Waals surface area contributed by atoms with E-state index in [-0.39, 0.29) is 0 Å². The Hall–Kier alpha value is -0.570. The quantitative estimate of drug-likeness (QED) is 0.703. The van der Waals surface area contributed by atoms with Crippen LogP contribution < -0.4 is 5.73 Å². The molecule has 1 aromatic carbocycles. The molecular weight excluding hydrogens is 174 g/mol. The van der Waals surface area contributed by atoms with Gasteiger partial charge in [-0.25, -0.2) is 0 Å². The van der Waals surface area contributed by atoms with Crippen LogP contribution in [-0.4, -0.2) is 13.2 Å². The maximum Gasteiger partial charge on any atom is 0.0977 e. The number of rotatable bonds is 4. The summed E-state index contributed by atoms with van der Waals surface area (Å²) in [5.41, 5.74) is 4.72. The first-order valence-electron chi connectivity index (χ1n) is 3.95. The first-order chi connectivity index (χ1) is 5.84. The Morgan fingerprint density at radius 1 is 1.33 bits per heavy atom. The first-order valence-corrected chi connectivity index (χ1v) is 4.33. The third-order valence-corrected chi connectivity index (χ3v) is 1.87. The van der Waals surface area contributed by atoms with E-state index in [4.69, 9.17) is 16.3 Å². The fourth-order valence-corrected chi connectivity index (χ4v) is 1.09. The van der Waals surface area contributed by atoms with E-state index in [1.165, 1.54) is 0 Å². The molecule has 0 fully saturated rings. The normalized spacial score (nSPS) is 10.2. The van der Waals surface area contributed by atoms with Gasteiger partial charge in [0.05, 0.1) is 19.8 Å². The minimum absolute atomic E-state index is 0.579. The lowest BCUT2D eigenvalue weighted by molar-refractivity contribution is -0.374. The molecule has 0 unspecified atom stereocenters. The first kappa shape index (κ1) is 9.52. The minimum Gasteiger partial charge on any atom is -0.371 e. The molecule has 3 N–H and O–H groups in total. The van der Waals surface area contributed by atoms with Crippen LogP contribution in [0.5, 0.6) is 0 Å². The van der Waals surface area contributed by atoms with E-state index < -0.39 is 0 Å². The van der Waals surface area contributed by atoms with E-state index in [0.717, 1.165) is 17.1 Å². The fourth-order valence-electron chi connectivity index (χ4n) is 0.900. The van der Waals surface area contributed by atoms with Gasteiger partial charge in [-0.2, -0.15) is 0 Å². The summed E-state index contributed by atoms with van der Waals surface area (Å²) in [5, 5.41) is 0.765. The van der Waals surface area contributed by atoms with Crippen molar-refractivity contribution in [3.63, 3.8) is 0 Å². The number of ether oxygens (including phenoxy) is 1. The third kappa shape index (κ3) is 2.81. The summed E-state index contributed by atoms with van der Waals surface area (Å²) >= 11 is 5.91. The highest BCUT2D eigenvalue weighted by atomic mass is 35.5. The van der Waals surface area contributed by atoms with Crippen LogP contribution in [0.3, 0.4) is 0 Å². The average Bonchev–Trinajstić information content (AvgIpc) is 2.09. The molecule has 0 saturated heterocycles. The molecule has 0 heterocycles. The molecule has 12 heavy (non-hydrogen) atoms. The summed E-state index contributed by atoms with van der Waals surface area (Å²) in [5.74, 6) is 0. The highest BCUT2D eigenvalue weighted by Crippen LogP contribution is 2.15. The summed E-state index contributed by atoms with van der Waals surface area (Å²) in [7, 11) is 0. The van der Waals surface area contributed by atoms with Crippen LogP contribution in [0.15, 0.2) is 24.3 Å². The highest BCUT2D eigenvalue weighted by Gasteiger charge is 1.97. The van der Waals surface area contributed by atoms with Crippen molar-refractivity contribution in [1.29, 1.82) is 0 Å². The highest BCUT2D eigenvalue weighted by molar-refractivity contribution is 6.31. The van der Waals surface area contributed by atoms with Gasteiger partial charge in [0.2, 0.25) is 0 Å². The van der Waals surface area contributed by atoms with Crippen molar-refractivity contribution in [2.45, 2.75) is 6.61 Å². The number of benzene rings is 1. The van der Waals surface area contributed by atoms with Gasteiger partial charge < -0.3 is 10.5 Å². The van der Waals surface area contributed by atoms with Crippen molar-refractivity contribution in [2.24, 2.45) is 0 Å². The molecule has 0 aliphatic carbocycles. The lowest BCUT2D eigenvalue weighted by atomic mass is 10.2. The van der Waals surface area contributed by atoms with Crippen molar-refractivity contribution >= 4 is 11.6 Å². The standard InChI is InChI=1S/C9H12ClNO/c10-9-4-2-1-3-8(9)7-12-6-5-11/h1-4H,5-7,11H2/p+1. The zero-order valence-corrected chi connectivity index (χ0v) is 7.68. The predicted octanol–water partition coefficient (Wildman–Crippen LogP) is 1.10. The van der Waals surface area contributed by atoms with Gasteiger partial charge in [-0.1, -0.05) is 29.8 Å². The molecule has 0 aliphatic heterocycles. The fraction of sp³-hybridized carbons (Fsp3) is 0.333. The van der Waals surface area contributed by atoms with Gasteiger partial charge in [0.1, 0.15) is 0 Å². The topological polar surface area (TPSA) is 36.9 Å². The van der Waals surface area contributed by atoms with Crippen LogP contribution >= 0.6 is 11.6 Å². The van der Waals surface area contributed by atoms with Crippen LogP contribution in [0.25, 0.3) is 0 Å². The molecule has 0 amide bonds. The minimum atomic E-state index is 0.579. The van der Waals surface area contributed by atoms with Crippen molar-refractivity contribution in [1.82, 2.24) is 0 Å². The van der Waals surface area contributed by atoms with Gasteiger partial charge in [-0.3, -0.25) is 0 Å². The summed E-state index contributed by atoms with van der Waals surface area (Å²) < 4.78 is 5.30. The largest absolute Gasteiger partial charge is 0.371 e. The van der Waals surface area contributed by atoms with Crippen LogP contribution in [0, 0.1) is 0 Å². The Balaban J connectivity index is 2.46. The van der Waals surface area contributed by atoms with E-state index in [0.29, 0.717) is 13.2 Å². The molecule has 0 radical (unpaired) electrons. The van der Waals surface area contributed by atoms with Crippen molar-refractivity contribution in [3.05, 3.63) is 34.9 Å².